The molecule has 24 heavy (non-hydrogen) atoms. The van der Waals surface area contributed by atoms with Crippen molar-refractivity contribution in [1.82, 2.24) is 19.3 Å². The fraction of sp³-hybridized carbons (Fsp3) is 0.500. The van der Waals surface area contributed by atoms with Crippen LogP contribution in [-0.4, -0.2) is 53.9 Å². The third-order valence-electron chi connectivity index (χ3n) is 4.84. The van der Waals surface area contributed by atoms with Gasteiger partial charge in [-0.2, -0.15) is 9.29 Å². The maximum atomic E-state index is 12.7. The summed E-state index contributed by atoms with van der Waals surface area (Å²) in [6.45, 7) is 5.35. The van der Waals surface area contributed by atoms with Gasteiger partial charge in [0.15, 0.2) is 5.82 Å². The lowest BCUT2D eigenvalue weighted by atomic mass is 10.0. The molecule has 2 atom stereocenters. The van der Waals surface area contributed by atoms with Crippen LogP contribution in [0.1, 0.15) is 11.7 Å². The zero-order chi connectivity index (χ0) is 16.7. The molecule has 0 N–H and O–H groups in total. The minimum atomic E-state index is -3.38. The normalized spacial score (nSPS) is 25.2. The minimum Gasteiger partial charge on any atom is -0.338 e. The standard InChI is InChI=1S/C16H20N4O3S/c1-12-17-16(23-18-12)11-19-7-13-9-20(10-14(13)8-19)24(21,22)15-5-3-2-4-6-15/h2-6,13-14H,7-11H2,1H3. The number of aryl methyl sites for hydroxylation is 1. The second kappa shape index (κ2) is 5.94. The average Bonchev–Trinajstić information content (AvgIpc) is 3.23. The molecule has 0 saturated carbocycles. The molecule has 0 bridgehead atoms. The van der Waals surface area contributed by atoms with E-state index < -0.39 is 10.0 Å². The third-order valence-corrected chi connectivity index (χ3v) is 6.68. The van der Waals surface area contributed by atoms with Crippen LogP contribution in [-0.2, 0) is 16.6 Å². The van der Waals surface area contributed by atoms with Crippen LogP contribution >= 0.6 is 0 Å². The van der Waals surface area contributed by atoms with Gasteiger partial charge in [-0.1, -0.05) is 23.4 Å². The summed E-state index contributed by atoms with van der Waals surface area (Å²) in [6.07, 6.45) is 0. The number of nitrogens with zero attached hydrogens (tertiary/aromatic N) is 4. The fourth-order valence-corrected chi connectivity index (χ4v) is 5.28. The highest BCUT2D eigenvalue weighted by Gasteiger charge is 2.44. The number of hydrogen-bond acceptors (Lipinski definition) is 6. The first-order valence-corrected chi connectivity index (χ1v) is 9.53. The van der Waals surface area contributed by atoms with E-state index in [2.05, 4.69) is 15.0 Å². The number of benzene rings is 1. The molecular formula is C16H20N4O3S. The van der Waals surface area contributed by atoms with Crippen LogP contribution in [0.4, 0.5) is 0 Å². The molecule has 0 spiro atoms. The molecule has 1 aromatic carbocycles. The molecule has 8 heteroatoms. The first-order valence-electron chi connectivity index (χ1n) is 8.09. The van der Waals surface area contributed by atoms with Crippen molar-refractivity contribution in [3.05, 3.63) is 42.0 Å². The molecule has 2 aromatic rings. The summed E-state index contributed by atoms with van der Waals surface area (Å²) in [5.74, 6) is 2.01. The van der Waals surface area contributed by atoms with E-state index in [1.165, 1.54) is 0 Å². The maximum absolute atomic E-state index is 12.7. The van der Waals surface area contributed by atoms with Crippen molar-refractivity contribution in [2.75, 3.05) is 26.2 Å². The summed E-state index contributed by atoms with van der Waals surface area (Å²) in [5.41, 5.74) is 0. The van der Waals surface area contributed by atoms with Crippen LogP contribution < -0.4 is 0 Å². The van der Waals surface area contributed by atoms with Crippen molar-refractivity contribution in [3.8, 4) is 0 Å². The molecule has 2 unspecified atom stereocenters. The lowest BCUT2D eigenvalue weighted by molar-refractivity contribution is 0.245. The topological polar surface area (TPSA) is 79.5 Å². The molecule has 1 aromatic heterocycles. The zero-order valence-electron chi connectivity index (χ0n) is 13.5. The molecule has 0 amide bonds. The Kier molecular flexibility index (Phi) is 3.90. The highest BCUT2D eigenvalue weighted by atomic mass is 32.2. The molecule has 0 radical (unpaired) electrons. The Morgan fingerprint density at radius 2 is 1.79 bits per heavy atom. The van der Waals surface area contributed by atoms with Gasteiger partial charge in [0.1, 0.15) is 0 Å². The highest BCUT2D eigenvalue weighted by Crippen LogP contribution is 2.34. The molecule has 3 heterocycles. The van der Waals surface area contributed by atoms with Gasteiger partial charge in [-0.25, -0.2) is 8.42 Å². The van der Waals surface area contributed by atoms with E-state index in [1.54, 1.807) is 35.5 Å². The van der Waals surface area contributed by atoms with Gasteiger partial charge in [0.2, 0.25) is 15.9 Å². The SMILES string of the molecule is Cc1noc(CN2CC3CN(S(=O)(=O)c4ccccc4)CC3C2)n1. The monoisotopic (exact) mass is 348 g/mol. The van der Waals surface area contributed by atoms with Gasteiger partial charge >= 0.3 is 0 Å². The highest BCUT2D eigenvalue weighted by molar-refractivity contribution is 7.89. The van der Waals surface area contributed by atoms with E-state index >= 15 is 0 Å². The fourth-order valence-electron chi connectivity index (χ4n) is 3.71. The van der Waals surface area contributed by atoms with Crippen molar-refractivity contribution < 1.29 is 12.9 Å². The molecule has 4 rings (SSSR count). The molecular weight excluding hydrogens is 328 g/mol. The van der Waals surface area contributed by atoms with E-state index in [4.69, 9.17) is 4.52 Å². The molecule has 2 fully saturated rings. The van der Waals surface area contributed by atoms with E-state index in [9.17, 15) is 8.42 Å². The summed E-state index contributed by atoms with van der Waals surface area (Å²) < 4.78 is 32.2. The Hall–Kier alpha value is -1.77. The van der Waals surface area contributed by atoms with Crippen molar-refractivity contribution >= 4 is 10.0 Å². The molecule has 0 aliphatic carbocycles. The number of fused-ring (bicyclic) bond motifs is 1. The van der Waals surface area contributed by atoms with Crippen LogP contribution in [0, 0.1) is 18.8 Å². The summed E-state index contributed by atoms with van der Waals surface area (Å²) in [4.78, 5) is 6.89. The zero-order valence-corrected chi connectivity index (χ0v) is 14.3. The van der Waals surface area contributed by atoms with E-state index in [-0.39, 0.29) is 0 Å². The first-order chi connectivity index (χ1) is 11.5. The van der Waals surface area contributed by atoms with Crippen LogP contribution in [0.25, 0.3) is 0 Å². The van der Waals surface area contributed by atoms with Crippen molar-refractivity contribution in [2.24, 2.45) is 11.8 Å². The molecule has 2 aliphatic heterocycles. The van der Waals surface area contributed by atoms with Crippen LogP contribution in [0.15, 0.2) is 39.8 Å². The Balaban J connectivity index is 1.41. The summed E-state index contributed by atoms with van der Waals surface area (Å²) in [5, 5.41) is 3.81. The number of hydrogen-bond donors (Lipinski definition) is 0. The second-order valence-electron chi connectivity index (χ2n) is 6.58. The minimum absolute atomic E-state index is 0.368. The van der Waals surface area contributed by atoms with E-state index in [0.717, 1.165) is 13.1 Å². The van der Waals surface area contributed by atoms with Gasteiger partial charge in [-0.3, -0.25) is 4.90 Å². The van der Waals surface area contributed by atoms with Crippen molar-refractivity contribution in [1.29, 1.82) is 0 Å². The van der Waals surface area contributed by atoms with Crippen molar-refractivity contribution in [2.45, 2.75) is 18.4 Å². The van der Waals surface area contributed by atoms with Gasteiger partial charge in [-0.15, -0.1) is 0 Å². The largest absolute Gasteiger partial charge is 0.338 e. The number of rotatable bonds is 4. The first kappa shape index (κ1) is 15.7. The van der Waals surface area contributed by atoms with Crippen LogP contribution in [0.2, 0.25) is 0 Å². The van der Waals surface area contributed by atoms with Crippen LogP contribution in [0.3, 0.4) is 0 Å². The summed E-state index contributed by atoms with van der Waals surface area (Å²) in [6, 6.07) is 8.67. The second-order valence-corrected chi connectivity index (χ2v) is 8.52. The average molecular weight is 348 g/mol. The molecule has 2 saturated heterocycles. The number of aromatic nitrogens is 2. The van der Waals surface area contributed by atoms with Gasteiger partial charge in [0.05, 0.1) is 11.4 Å². The predicted octanol–water partition coefficient (Wildman–Crippen LogP) is 1.13. The Morgan fingerprint density at radius 3 is 2.38 bits per heavy atom. The van der Waals surface area contributed by atoms with Gasteiger partial charge in [-0.05, 0) is 30.9 Å². The summed E-state index contributed by atoms with van der Waals surface area (Å²) >= 11 is 0. The maximum Gasteiger partial charge on any atom is 0.243 e. The molecule has 2 aliphatic rings. The lowest BCUT2D eigenvalue weighted by Gasteiger charge is -2.20. The lowest BCUT2D eigenvalue weighted by Crippen LogP contribution is -2.33. The Bertz CT molecular complexity index is 807. The third kappa shape index (κ3) is 2.85. The Morgan fingerprint density at radius 1 is 1.12 bits per heavy atom. The van der Waals surface area contributed by atoms with Gasteiger partial charge in [0.25, 0.3) is 0 Å². The molecule has 7 nitrogen and oxygen atoms in total. The summed E-state index contributed by atoms with van der Waals surface area (Å²) in [7, 11) is -3.38. The van der Waals surface area contributed by atoms with Gasteiger partial charge in [0, 0.05) is 26.2 Å². The predicted molar refractivity (Wildman–Crippen MR) is 86.5 cm³/mol. The quantitative estimate of drug-likeness (QED) is 0.824. The van der Waals surface area contributed by atoms with E-state index in [0.29, 0.717) is 48.1 Å². The Labute approximate surface area is 141 Å². The van der Waals surface area contributed by atoms with Crippen molar-refractivity contribution in [3.63, 3.8) is 0 Å². The van der Waals surface area contributed by atoms with Gasteiger partial charge < -0.3 is 4.52 Å². The van der Waals surface area contributed by atoms with Crippen LogP contribution in [0.5, 0.6) is 0 Å². The van der Waals surface area contributed by atoms with E-state index in [1.807, 2.05) is 6.07 Å². The smallest absolute Gasteiger partial charge is 0.243 e. The number of likely N-dealkylation sites (tertiary alicyclic amines) is 1. The number of sulfonamides is 1. The molecule has 128 valence electrons.